The quantitative estimate of drug-likeness (QED) is 0.750. The number of β-amino-alcohol motifs (C(OH)–C–C–N with tert-alkyl or cyclic N) is 1. The van der Waals surface area contributed by atoms with E-state index in [1.807, 2.05) is 28.8 Å². The number of carbonyl (C=O) groups is 1. The summed E-state index contributed by atoms with van der Waals surface area (Å²) in [5.41, 5.74) is 1.29. The first kappa shape index (κ1) is 20.5. The summed E-state index contributed by atoms with van der Waals surface area (Å²) in [6, 6.07) is 8.22. The van der Waals surface area contributed by atoms with Crippen LogP contribution in [0.2, 0.25) is 0 Å². The zero-order valence-electron chi connectivity index (χ0n) is 16.3. The summed E-state index contributed by atoms with van der Waals surface area (Å²) in [5, 5.41) is 9.54. The van der Waals surface area contributed by atoms with Crippen LogP contribution in [0, 0.1) is 0 Å². The van der Waals surface area contributed by atoms with Gasteiger partial charge in [-0.15, -0.1) is 0 Å². The molecule has 0 radical (unpaired) electrons. The number of nitrogens with zero attached hydrogens (tertiary/aromatic N) is 3. The summed E-state index contributed by atoms with van der Waals surface area (Å²) in [5.74, 6) is 2.12. The van der Waals surface area contributed by atoms with Gasteiger partial charge >= 0.3 is 0 Å². The molecule has 1 N–H and O–H groups in total. The van der Waals surface area contributed by atoms with Crippen molar-refractivity contribution in [2.75, 3.05) is 60.0 Å². The summed E-state index contributed by atoms with van der Waals surface area (Å²) >= 11 is 1.94. The molecule has 150 valence electrons. The Kier molecular flexibility index (Phi) is 7.41. The van der Waals surface area contributed by atoms with Gasteiger partial charge in [-0.3, -0.25) is 14.6 Å². The molecule has 1 amide bonds. The molecule has 2 saturated heterocycles. The Morgan fingerprint density at radius 3 is 2.56 bits per heavy atom. The number of hydrogen-bond acceptors (Lipinski definition) is 6. The zero-order valence-corrected chi connectivity index (χ0v) is 17.2. The maximum absolute atomic E-state index is 13.0. The van der Waals surface area contributed by atoms with Crippen LogP contribution in [0.15, 0.2) is 24.3 Å². The number of rotatable bonds is 7. The highest BCUT2D eigenvalue weighted by atomic mass is 32.2. The van der Waals surface area contributed by atoms with Gasteiger partial charge in [0.15, 0.2) is 0 Å². The SMILES string of the molecule is COc1ccc(CS[C@H]2C[C@@H](C(=O)N3CCN(CCO)CC3)N(C)C2)cc1. The van der Waals surface area contributed by atoms with Crippen LogP contribution in [0.1, 0.15) is 12.0 Å². The largest absolute Gasteiger partial charge is 0.497 e. The molecule has 2 aliphatic rings. The number of piperazine rings is 1. The van der Waals surface area contributed by atoms with Crippen LogP contribution < -0.4 is 4.74 Å². The minimum absolute atomic E-state index is 0.00255. The minimum atomic E-state index is 0.00255. The van der Waals surface area contributed by atoms with E-state index in [2.05, 4.69) is 29.0 Å². The highest BCUT2D eigenvalue weighted by Gasteiger charge is 2.37. The Morgan fingerprint density at radius 1 is 1.22 bits per heavy atom. The lowest BCUT2D eigenvalue weighted by Gasteiger charge is -2.36. The molecule has 6 nitrogen and oxygen atoms in total. The Labute approximate surface area is 166 Å². The van der Waals surface area contributed by atoms with E-state index in [9.17, 15) is 4.79 Å². The molecule has 2 aliphatic heterocycles. The average Bonchev–Trinajstić information content (AvgIpc) is 3.07. The van der Waals surface area contributed by atoms with Crippen molar-refractivity contribution in [3.63, 3.8) is 0 Å². The number of hydrogen-bond donors (Lipinski definition) is 1. The molecule has 2 heterocycles. The van der Waals surface area contributed by atoms with E-state index >= 15 is 0 Å². The highest BCUT2D eigenvalue weighted by Crippen LogP contribution is 2.30. The standard InChI is InChI=1S/C20H31N3O3S/c1-21-14-18(27-15-16-3-5-17(26-2)6-4-16)13-19(21)20(25)23-9-7-22(8-10-23)11-12-24/h3-6,18-19,24H,7-15H2,1-2H3/t18-,19-/m0/s1. The normalized spacial score (nSPS) is 24.3. The van der Waals surface area contributed by atoms with Crippen LogP contribution in [0.4, 0.5) is 0 Å². The number of thioether (sulfide) groups is 1. The van der Waals surface area contributed by atoms with Crippen molar-refractivity contribution in [3.8, 4) is 5.75 Å². The molecule has 1 aromatic carbocycles. The molecule has 0 spiro atoms. The first-order chi connectivity index (χ1) is 13.1. The summed E-state index contributed by atoms with van der Waals surface area (Å²) in [4.78, 5) is 19.4. The number of aliphatic hydroxyl groups excluding tert-OH is 1. The molecule has 3 rings (SSSR count). The predicted molar refractivity (Wildman–Crippen MR) is 109 cm³/mol. The lowest BCUT2D eigenvalue weighted by atomic mass is 10.1. The number of carbonyl (C=O) groups excluding carboxylic acids is 1. The third-order valence-corrected chi connectivity index (χ3v) is 6.85. The molecule has 0 saturated carbocycles. The number of likely N-dealkylation sites (tertiary alicyclic amines) is 1. The Bertz CT molecular complexity index is 605. The van der Waals surface area contributed by atoms with Crippen LogP contribution in [-0.2, 0) is 10.5 Å². The van der Waals surface area contributed by atoms with Gasteiger partial charge in [0.1, 0.15) is 5.75 Å². The second kappa shape index (κ2) is 9.78. The first-order valence-electron chi connectivity index (χ1n) is 9.67. The van der Waals surface area contributed by atoms with E-state index in [4.69, 9.17) is 9.84 Å². The topological polar surface area (TPSA) is 56.3 Å². The second-order valence-corrected chi connectivity index (χ2v) is 8.65. The van der Waals surface area contributed by atoms with Crippen molar-refractivity contribution in [1.82, 2.24) is 14.7 Å². The number of aliphatic hydroxyl groups is 1. The van der Waals surface area contributed by atoms with Crippen molar-refractivity contribution in [2.45, 2.75) is 23.5 Å². The Balaban J connectivity index is 1.46. The molecule has 1 aromatic rings. The fourth-order valence-electron chi connectivity index (χ4n) is 3.84. The maximum atomic E-state index is 13.0. The van der Waals surface area contributed by atoms with E-state index in [1.165, 1.54) is 5.56 Å². The number of amides is 1. The molecule has 0 aromatic heterocycles. The smallest absolute Gasteiger partial charge is 0.240 e. The number of likely N-dealkylation sites (N-methyl/N-ethyl adjacent to an activating group) is 1. The van der Waals surface area contributed by atoms with Crippen LogP contribution in [0.25, 0.3) is 0 Å². The zero-order chi connectivity index (χ0) is 19.2. The Morgan fingerprint density at radius 2 is 1.93 bits per heavy atom. The molecule has 0 aliphatic carbocycles. The van der Waals surface area contributed by atoms with Crippen LogP contribution in [-0.4, -0.2) is 97.0 Å². The van der Waals surface area contributed by atoms with Crippen LogP contribution in [0.5, 0.6) is 5.75 Å². The predicted octanol–water partition coefficient (Wildman–Crippen LogP) is 1.14. The number of benzene rings is 1. The molecule has 0 bridgehead atoms. The fraction of sp³-hybridized carbons (Fsp3) is 0.650. The van der Waals surface area contributed by atoms with Gasteiger partial charge in [0.2, 0.25) is 5.91 Å². The Hall–Kier alpha value is -1.28. The van der Waals surface area contributed by atoms with Gasteiger partial charge in [0.25, 0.3) is 0 Å². The van der Waals surface area contributed by atoms with Gasteiger partial charge in [0, 0.05) is 50.3 Å². The monoisotopic (exact) mass is 393 g/mol. The third-order valence-electron chi connectivity index (χ3n) is 5.54. The van der Waals surface area contributed by atoms with E-state index < -0.39 is 0 Å². The van der Waals surface area contributed by atoms with Crippen molar-refractivity contribution in [3.05, 3.63) is 29.8 Å². The second-order valence-electron chi connectivity index (χ2n) is 7.36. The van der Waals surface area contributed by atoms with Crippen molar-refractivity contribution in [1.29, 1.82) is 0 Å². The minimum Gasteiger partial charge on any atom is -0.497 e. The van der Waals surface area contributed by atoms with E-state index in [0.29, 0.717) is 11.8 Å². The molecule has 7 heteroatoms. The van der Waals surface area contributed by atoms with Crippen molar-refractivity contribution in [2.24, 2.45) is 0 Å². The summed E-state index contributed by atoms with van der Waals surface area (Å²) in [6.07, 6.45) is 0.924. The summed E-state index contributed by atoms with van der Waals surface area (Å²) in [6.45, 7) is 5.11. The highest BCUT2D eigenvalue weighted by molar-refractivity contribution is 7.99. The molecule has 27 heavy (non-hydrogen) atoms. The fourth-order valence-corrected chi connectivity index (χ4v) is 5.12. The van der Waals surface area contributed by atoms with Gasteiger partial charge < -0.3 is 14.7 Å². The van der Waals surface area contributed by atoms with Gasteiger partial charge in [0.05, 0.1) is 19.8 Å². The molecular formula is C20H31N3O3S. The van der Waals surface area contributed by atoms with E-state index in [0.717, 1.165) is 50.6 Å². The molecule has 2 atom stereocenters. The van der Waals surface area contributed by atoms with E-state index in [1.54, 1.807) is 7.11 Å². The van der Waals surface area contributed by atoms with Gasteiger partial charge in [-0.25, -0.2) is 0 Å². The van der Waals surface area contributed by atoms with Crippen LogP contribution >= 0.6 is 11.8 Å². The third kappa shape index (κ3) is 5.38. The van der Waals surface area contributed by atoms with Gasteiger partial charge in [-0.1, -0.05) is 12.1 Å². The van der Waals surface area contributed by atoms with E-state index in [-0.39, 0.29) is 18.6 Å². The van der Waals surface area contributed by atoms with Gasteiger partial charge in [-0.05, 0) is 31.2 Å². The number of ether oxygens (including phenoxy) is 1. The lowest BCUT2D eigenvalue weighted by Crippen LogP contribution is -2.53. The lowest BCUT2D eigenvalue weighted by molar-refractivity contribution is -0.137. The molecular weight excluding hydrogens is 362 g/mol. The van der Waals surface area contributed by atoms with Crippen LogP contribution in [0.3, 0.4) is 0 Å². The van der Waals surface area contributed by atoms with Gasteiger partial charge in [-0.2, -0.15) is 11.8 Å². The summed E-state index contributed by atoms with van der Waals surface area (Å²) in [7, 11) is 3.75. The maximum Gasteiger partial charge on any atom is 0.240 e. The summed E-state index contributed by atoms with van der Waals surface area (Å²) < 4.78 is 5.21. The first-order valence-corrected chi connectivity index (χ1v) is 10.7. The van der Waals surface area contributed by atoms with Crippen molar-refractivity contribution >= 4 is 17.7 Å². The number of methoxy groups -OCH3 is 1. The average molecular weight is 394 g/mol. The molecule has 2 fully saturated rings. The molecule has 0 unspecified atom stereocenters. The van der Waals surface area contributed by atoms with Crippen molar-refractivity contribution < 1.29 is 14.6 Å².